The maximum atomic E-state index is 11.8. The lowest BCUT2D eigenvalue weighted by atomic mass is 9.74. The van der Waals surface area contributed by atoms with Crippen LogP contribution in [0.1, 0.15) is 32.6 Å². The van der Waals surface area contributed by atoms with E-state index in [2.05, 4.69) is 9.88 Å². The molecule has 3 heterocycles. The first-order valence-corrected chi connectivity index (χ1v) is 9.08. The van der Waals surface area contributed by atoms with Crippen LogP contribution < -0.4 is 4.90 Å². The Morgan fingerprint density at radius 1 is 1.39 bits per heavy atom. The monoisotopic (exact) mass is 331 g/mol. The molecule has 0 saturated carbocycles. The fourth-order valence-corrected chi connectivity index (χ4v) is 4.84. The Morgan fingerprint density at radius 3 is 2.87 bits per heavy atom. The molecular formula is C17H21N3O2S. The molecule has 1 N–H and O–H groups in total. The first-order valence-electron chi connectivity index (χ1n) is 8.20. The first kappa shape index (κ1) is 15.0. The molecular weight excluding hydrogens is 310 g/mol. The minimum atomic E-state index is -1.04. The molecule has 1 aliphatic carbocycles. The van der Waals surface area contributed by atoms with E-state index in [1.54, 1.807) is 18.3 Å². The zero-order valence-corrected chi connectivity index (χ0v) is 14.1. The summed E-state index contributed by atoms with van der Waals surface area (Å²) in [6.45, 7) is 4.31. The molecule has 0 aromatic carbocycles. The molecule has 1 aromatic rings. The molecule has 1 unspecified atom stereocenters. The third-order valence-corrected chi connectivity index (χ3v) is 5.94. The minimum Gasteiger partial charge on any atom is -0.385 e. The summed E-state index contributed by atoms with van der Waals surface area (Å²) >= 11 is 1.68. The van der Waals surface area contributed by atoms with Gasteiger partial charge in [-0.25, -0.2) is 4.98 Å². The highest BCUT2D eigenvalue weighted by Crippen LogP contribution is 2.40. The molecule has 6 heteroatoms. The van der Waals surface area contributed by atoms with Gasteiger partial charge in [0.25, 0.3) is 0 Å². The first-order chi connectivity index (χ1) is 11.0. The van der Waals surface area contributed by atoms with E-state index in [4.69, 9.17) is 4.99 Å². The largest absolute Gasteiger partial charge is 0.385 e. The number of rotatable bonds is 2. The summed E-state index contributed by atoms with van der Waals surface area (Å²) in [6, 6.07) is 0. The molecule has 5 nitrogen and oxygen atoms in total. The van der Waals surface area contributed by atoms with Crippen molar-refractivity contribution in [2.24, 2.45) is 10.9 Å². The van der Waals surface area contributed by atoms with Crippen molar-refractivity contribution in [2.45, 2.75) is 38.2 Å². The second-order valence-corrected chi connectivity index (χ2v) is 7.80. The van der Waals surface area contributed by atoms with Crippen molar-refractivity contribution in [3.63, 3.8) is 0 Å². The number of carbonyl (C=O) groups excluding carboxylic acids is 1. The van der Waals surface area contributed by atoms with E-state index >= 15 is 0 Å². The van der Waals surface area contributed by atoms with Crippen LogP contribution in [0, 0.1) is 5.92 Å². The van der Waals surface area contributed by atoms with Crippen LogP contribution in [0.2, 0.25) is 0 Å². The van der Waals surface area contributed by atoms with E-state index in [-0.39, 0.29) is 12.2 Å². The summed E-state index contributed by atoms with van der Waals surface area (Å²) in [5, 5.41) is 13.8. The Kier molecular flexibility index (Phi) is 3.61. The molecule has 1 atom stereocenters. The Labute approximate surface area is 139 Å². The van der Waals surface area contributed by atoms with E-state index < -0.39 is 5.60 Å². The van der Waals surface area contributed by atoms with E-state index in [0.29, 0.717) is 18.9 Å². The minimum absolute atomic E-state index is 0.129. The average Bonchev–Trinajstić information content (AvgIpc) is 3.15. The van der Waals surface area contributed by atoms with Crippen molar-refractivity contribution < 1.29 is 9.90 Å². The van der Waals surface area contributed by atoms with Crippen LogP contribution in [-0.2, 0) is 4.79 Å². The smallest absolute Gasteiger partial charge is 0.185 e. The molecule has 3 aliphatic rings. The van der Waals surface area contributed by atoms with Gasteiger partial charge in [0, 0.05) is 54.7 Å². The number of ketones is 1. The number of carbonyl (C=O) groups is 1. The number of aliphatic hydroxyl groups is 1. The van der Waals surface area contributed by atoms with Gasteiger partial charge >= 0.3 is 0 Å². The summed E-state index contributed by atoms with van der Waals surface area (Å²) in [5.74, 6) is 0.516. The van der Waals surface area contributed by atoms with Crippen LogP contribution >= 0.6 is 11.3 Å². The van der Waals surface area contributed by atoms with Crippen LogP contribution in [-0.4, -0.2) is 46.8 Å². The van der Waals surface area contributed by atoms with E-state index in [1.807, 2.05) is 11.6 Å². The third-order valence-electron chi connectivity index (χ3n) is 5.11. The highest BCUT2D eigenvalue weighted by Gasteiger charge is 2.43. The lowest BCUT2D eigenvalue weighted by Gasteiger charge is -2.36. The van der Waals surface area contributed by atoms with Gasteiger partial charge in [-0.15, -0.1) is 11.3 Å². The van der Waals surface area contributed by atoms with Crippen molar-refractivity contribution in [1.82, 2.24) is 4.98 Å². The van der Waals surface area contributed by atoms with Gasteiger partial charge in [-0.2, -0.15) is 0 Å². The number of anilines is 1. The highest BCUT2D eigenvalue weighted by molar-refractivity contribution is 7.13. The second-order valence-electron chi connectivity index (χ2n) is 6.92. The molecule has 0 bridgehead atoms. The third kappa shape index (κ3) is 2.64. The number of piperidine rings is 1. The van der Waals surface area contributed by atoms with Crippen molar-refractivity contribution >= 4 is 28.0 Å². The predicted octanol–water partition coefficient (Wildman–Crippen LogP) is 2.22. The van der Waals surface area contributed by atoms with E-state index in [0.717, 1.165) is 47.9 Å². The van der Waals surface area contributed by atoms with Crippen molar-refractivity contribution in [3.8, 4) is 0 Å². The lowest BCUT2D eigenvalue weighted by Crippen LogP contribution is -2.42. The number of Topliss-reactive ketones (excluding diaryl/α,β-unsaturated/α-hetero) is 1. The summed E-state index contributed by atoms with van der Waals surface area (Å²) < 4.78 is 0. The van der Waals surface area contributed by atoms with Crippen molar-refractivity contribution in [1.29, 1.82) is 0 Å². The van der Waals surface area contributed by atoms with Gasteiger partial charge < -0.3 is 10.0 Å². The maximum Gasteiger partial charge on any atom is 0.185 e. The van der Waals surface area contributed by atoms with Crippen molar-refractivity contribution in [2.75, 3.05) is 24.5 Å². The molecule has 122 valence electrons. The van der Waals surface area contributed by atoms with Gasteiger partial charge in [0.15, 0.2) is 5.13 Å². The molecule has 0 radical (unpaired) electrons. The fraction of sp³-hybridized carbons (Fsp3) is 0.588. The highest BCUT2D eigenvalue weighted by atomic mass is 32.1. The lowest BCUT2D eigenvalue weighted by molar-refractivity contribution is -0.122. The Bertz CT molecular complexity index is 683. The van der Waals surface area contributed by atoms with E-state index in [1.165, 1.54) is 0 Å². The van der Waals surface area contributed by atoms with Gasteiger partial charge in [-0.1, -0.05) is 0 Å². The Balaban J connectivity index is 1.51. The molecule has 1 aromatic heterocycles. The van der Waals surface area contributed by atoms with Gasteiger partial charge in [0.2, 0.25) is 0 Å². The van der Waals surface area contributed by atoms with Crippen LogP contribution in [0.5, 0.6) is 0 Å². The molecule has 1 saturated heterocycles. The summed E-state index contributed by atoms with van der Waals surface area (Å²) in [7, 11) is 0. The number of aromatic nitrogens is 1. The molecule has 1 fully saturated rings. The zero-order valence-electron chi connectivity index (χ0n) is 13.3. The molecule has 0 spiro atoms. The van der Waals surface area contributed by atoms with Gasteiger partial charge in [0.05, 0.1) is 12.1 Å². The Morgan fingerprint density at radius 2 is 2.17 bits per heavy atom. The molecule has 0 amide bonds. The van der Waals surface area contributed by atoms with Gasteiger partial charge in [-0.3, -0.25) is 9.79 Å². The normalized spacial score (nSPS) is 29.0. The van der Waals surface area contributed by atoms with E-state index in [9.17, 15) is 9.90 Å². The maximum absolute atomic E-state index is 11.8. The topological polar surface area (TPSA) is 65.8 Å². The van der Waals surface area contributed by atoms with Crippen LogP contribution in [0.15, 0.2) is 27.7 Å². The number of nitrogens with zero attached hydrogens (tertiary/aromatic N) is 3. The van der Waals surface area contributed by atoms with Crippen LogP contribution in [0.3, 0.4) is 0 Å². The quantitative estimate of drug-likeness (QED) is 0.902. The van der Waals surface area contributed by atoms with Crippen LogP contribution in [0.25, 0.3) is 0 Å². The average molecular weight is 331 g/mol. The van der Waals surface area contributed by atoms with Crippen LogP contribution in [0.4, 0.5) is 5.13 Å². The molecule has 2 aliphatic heterocycles. The van der Waals surface area contributed by atoms with Gasteiger partial charge in [0.1, 0.15) is 5.78 Å². The summed E-state index contributed by atoms with van der Waals surface area (Å²) in [4.78, 5) is 23.3. The fourth-order valence-electron chi connectivity index (χ4n) is 4.14. The molecule has 4 rings (SSSR count). The Hall–Kier alpha value is -1.53. The standard InChI is InChI=1S/C17H21N3O2S/c1-17(22)9-13(21)8-12-10-19-15(14(12)17)11-2-5-20(6-3-11)16-18-4-7-23-16/h4,7,11,22H,2-3,5-6,8-10H2,1H3. The number of hydrogen-bond donors (Lipinski definition) is 1. The van der Waals surface area contributed by atoms with Crippen molar-refractivity contribution in [3.05, 3.63) is 22.7 Å². The zero-order chi connectivity index (χ0) is 16.0. The number of hydrogen-bond acceptors (Lipinski definition) is 6. The summed E-state index contributed by atoms with van der Waals surface area (Å²) in [6.07, 6.45) is 4.60. The number of aliphatic imine (C=N–C) groups is 1. The summed E-state index contributed by atoms with van der Waals surface area (Å²) in [5.41, 5.74) is 2.05. The number of thiazole rings is 1. The second kappa shape index (κ2) is 5.53. The molecule has 23 heavy (non-hydrogen) atoms. The SMILES string of the molecule is CC1(O)CC(=O)CC2=C1C(C1CCN(c3nccs3)CC1)=NC2. The van der Waals surface area contributed by atoms with Gasteiger partial charge in [-0.05, 0) is 25.3 Å². The predicted molar refractivity (Wildman–Crippen MR) is 91.2 cm³/mol.